The lowest BCUT2D eigenvalue weighted by atomic mass is 10.2. The van der Waals surface area contributed by atoms with Crippen LogP contribution in [0.3, 0.4) is 0 Å². The fraction of sp³-hybridized carbons (Fsp3) is 0.538. The van der Waals surface area contributed by atoms with Crippen molar-refractivity contribution in [3.8, 4) is 6.07 Å². The average Bonchev–Trinajstić information content (AvgIpc) is 2.96. The topological polar surface area (TPSA) is 90.3 Å². The van der Waals surface area contributed by atoms with E-state index in [-0.39, 0.29) is 5.91 Å². The molecule has 6 nitrogen and oxygen atoms in total. The molecule has 0 aromatic carbocycles. The van der Waals surface area contributed by atoms with Crippen LogP contribution in [0.2, 0.25) is 0 Å². The van der Waals surface area contributed by atoms with E-state index in [2.05, 4.69) is 11.4 Å². The largest absolute Gasteiger partial charge is 0.315 e. The molecular weight excluding hydrogens is 310 g/mol. The second-order valence-electron chi connectivity index (χ2n) is 5.12. The lowest BCUT2D eigenvalue weighted by Gasteiger charge is -2.21. The smallest absolute Gasteiger partial charge is 0.243 e. The monoisotopic (exact) mass is 327 g/mol. The Hall–Kier alpha value is -1.43. The number of aryl methyl sites for hydroxylation is 1. The van der Waals surface area contributed by atoms with Crippen molar-refractivity contribution >= 4 is 32.3 Å². The van der Waals surface area contributed by atoms with Gasteiger partial charge in [-0.3, -0.25) is 4.79 Å². The summed E-state index contributed by atoms with van der Waals surface area (Å²) in [7, 11) is -3.40. The number of carbonyl (C=O) groups excluding carboxylic acids is 1. The summed E-state index contributed by atoms with van der Waals surface area (Å²) in [5.41, 5.74) is 1.30. The lowest BCUT2D eigenvalue weighted by molar-refractivity contribution is -0.119. The molecule has 2 heterocycles. The highest BCUT2D eigenvalue weighted by molar-refractivity contribution is 7.88. The molecule has 1 aromatic heterocycles. The van der Waals surface area contributed by atoms with Gasteiger partial charge in [0.25, 0.3) is 0 Å². The normalized spacial score (nSPS) is 19.4. The molecule has 0 saturated carbocycles. The van der Waals surface area contributed by atoms with Crippen molar-refractivity contribution in [3.05, 3.63) is 16.0 Å². The minimum absolute atomic E-state index is 0.365. The zero-order valence-electron chi connectivity index (χ0n) is 12.1. The molecule has 1 atom stereocenters. The van der Waals surface area contributed by atoms with Crippen LogP contribution in [0.5, 0.6) is 0 Å². The molecule has 8 heteroatoms. The van der Waals surface area contributed by atoms with Crippen LogP contribution in [0.25, 0.3) is 0 Å². The minimum Gasteiger partial charge on any atom is -0.315 e. The molecule has 1 N–H and O–H groups in total. The molecule has 2 rings (SSSR count). The van der Waals surface area contributed by atoms with Gasteiger partial charge in [0.2, 0.25) is 15.9 Å². The molecule has 1 amide bonds. The molecule has 1 fully saturated rings. The number of sulfonamides is 1. The first-order chi connectivity index (χ1) is 9.75. The SMILES string of the molecule is Cc1sc(NC(=O)[C@H]2CCCN2S(C)(=O)=O)c(C#N)c1C. The van der Waals surface area contributed by atoms with E-state index >= 15 is 0 Å². The number of nitrogens with one attached hydrogen (secondary N) is 1. The van der Waals surface area contributed by atoms with Gasteiger partial charge in [0.05, 0.1) is 11.8 Å². The number of amides is 1. The molecule has 1 aliphatic heterocycles. The summed E-state index contributed by atoms with van der Waals surface area (Å²) in [6.45, 7) is 4.08. The molecule has 114 valence electrons. The third kappa shape index (κ3) is 3.10. The Morgan fingerprint density at radius 3 is 2.71 bits per heavy atom. The molecule has 0 bridgehead atoms. The van der Waals surface area contributed by atoms with E-state index in [1.165, 1.54) is 15.6 Å². The standard InChI is InChI=1S/C13H17N3O3S2/c1-8-9(2)20-13(10(8)7-14)15-12(17)11-5-4-6-16(11)21(3,18)19/h11H,4-6H2,1-3H3,(H,15,17)/t11-/m1/s1. The van der Waals surface area contributed by atoms with Crippen LogP contribution in [-0.4, -0.2) is 37.5 Å². The maximum Gasteiger partial charge on any atom is 0.243 e. The van der Waals surface area contributed by atoms with Gasteiger partial charge in [-0.1, -0.05) is 0 Å². The molecule has 1 aromatic rings. The van der Waals surface area contributed by atoms with Gasteiger partial charge in [0, 0.05) is 11.4 Å². The van der Waals surface area contributed by atoms with Crippen molar-refractivity contribution in [3.63, 3.8) is 0 Å². The van der Waals surface area contributed by atoms with E-state index in [1.54, 1.807) is 0 Å². The first kappa shape index (κ1) is 15.9. The molecule has 21 heavy (non-hydrogen) atoms. The fourth-order valence-corrected chi connectivity index (χ4v) is 4.58. The van der Waals surface area contributed by atoms with Crippen molar-refractivity contribution in [1.29, 1.82) is 5.26 Å². The first-order valence-electron chi connectivity index (χ1n) is 6.53. The number of nitriles is 1. The van der Waals surface area contributed by atoms with Crippen LogP contribution in [0.4, 0.5) is 5.00 Å². The predicted octanol–water partition coefficient (Wildman–Crippen LogP) is 1.60. The van der Waals surface area contributed by atoms with Crippen LogP contribution >= 0.6 is 11.3 Å². The maximum absolute atomic E-state index is 12.3. The van der Waals surface area contributed by atoms with E-state index in [0.717, 1.165) is 16.7 Å². The van der Waals surface area contributed by atoms with Crippen LogP contribution < -0.4 is 5.32 Å². The Morgan fingerprint density at radius 1 is 1.48 bits per heavy atom. The number of thiophene rings is 1. The number of hydrogen-bond donors (Lipinski definition) is 1. The van der Waals surface area contributed by atoms with Crippen LogP contribution in [0, 0.1) is 25.2 Å². The van der Waals surface area contributed by atoms with E-state index < -0.39 is 16.1 Å². The molecule has 1 aliphatic rings. The predicted molar refractivity (Wildman–Crippen MR) is 81.7 cm³/mol. The second-order valence-corrected chi connectivity index (χ2v) is 8.28. The summed E-state index contributed by atoms with van der Waals surface area (Å²) < 4.78 is 24.6. The van der Waals surface area contributed by atoms with Crippen LogP contribution in [0.1, 0.15) is 28.8 Å². The lowest BCUT2D eigenvalue weighted by Crippen LogP contribution is -2.42. The van der Waals surface area contributed by atoms with Crippen molar-refractivity contribution in [1.82, 2.24) is 4.31 Å². The number of carbonyl (C=O) groups is 1. The van der Waals surface area contributed by atoms with Crippen molar-refractivity contribution < 1.29 is 13.2 Å². The molecule has 1 saturated heterocycles. The zero-order valence-corrected chi connectivity index (χ0v) is 13.8. The van der Waals surface area contributed by atoms with Gasteiger partial charge in [-0.15, -0.1) is 11.3 Å². The molecular formula is C13H17N3O3S2. The third-order valence-corrected chi connectivity index (χ3v) is 6.08. The Kier molecular flexibility index (Phi) is 4.37. The number of anilines is 1. The van der Waals surface area contributed by atoms with Crippen molar-refractivity contribution in [2.24, 2.45) is 0 Å². The Labute approximate surface area is 128 Å². The van der Waals surface area contributed by atoms with Gasteiger partial charge < -0.3 is 5.32 Å². The Bertz CT molecular complexity index is 716. The van der Waals surface area contributed by atoms with E-state index in [0.29, 0.717) is 30.0 Å². The number of hydrogen-bond acceptors (Lipinski definition) is 5. The highest BCUT2D eigenvalue weighted by Crippen LogP contribution is 2.32. The summed E-state index contributed by atoms with van der Waals surface area (Å²) in [6, 6.07) is 1.40. The first-order valence-corrected chi connectivity index (χ1v) is 9.20. The molecule has 0 radical (unpaired) electrons. The summed E-state index contributed by atoms with van der Waals surface area (Å²) in [5, 5.41) is 12.4. The van der Waals surface area contributed by atoms with Gasteiger partial charge in [0.15, 0.2) is 0 Å². The summed E-state index contributed by atoms with van der Waals surface area (Å²) >= 11 is 1.34. The highest BCUT2D eigenvalue weighted by atomic mass is 32.2. The quantitative estimate of drug-likeness (QED) is 0.913. The van der Waals surface area contributed by atoms with Gasteiger partial charge in [0.1, 0.15) is 17.1 Å². The highest BCUT2D eigenvalue weighted by Gasteiger charge is 2.36. The minimum atomic E-state index is -3.40. The van der Waals surface area contributed by atoms with E-state index in [1.807, 2.05) is 13.8 Å². The fourth-order valence-electron chi connectivity index (χ4n) is 2.44. The van der Waals surface area contributed by atoms with E-state index in [9.17, 15) is 18.5 Å². The summed E-state index contributed by atoms with van der Waals surface area (Å²) in [6.07, 6.45) is 2.28. The van der Waals surface area contributed by atoms with E-state index in [4.69, 9.17) is 0 Å². The van der Waals surface area contributed by atoms with Crippen LogP contribution in [-0.2, 0) is 14.8 Å². The summed E-state index contributed by atoms with van der Waals surface area (Å²) in [4.78, 5) is 13.3. The summed E-state index contributed by atoms with van der Waals surface area (Å²) in [5.74, 6) is -0.365. The Balaban J connectivity index is 2.23. The van der Waals surface area contributed by atoms with Gasteiger partial charge in [-0.05, 0) is 32.3 Å². The van der Waals surface area contributed by atoms with Crippen molar-refractivity contribution in [2.45, 2.75) is 32.7 Å². The zero-order chi connectivity index (χ0) is 15.8. The van der Waals surface area contributed by atoms with Crippen molar-refractivity contribution in [2.75, 3.05) is 18.1 Å². The second kappa shape index (κ2) is 5.75. The van der Waals surface area contributed by atoms with Gasteiger partial charge >= 0.3 is 0 Å². The van der Waals surface area contributed by atoms with Crippen LogP contribution in [0.15, 0.2) is 0 Å². The molecule has 0 aliphatic carbocycles. The average molecular weight is 327 g/mol. The third-order valence-electron chi connectivity index (χ3n) is 3.67. The Morgan fingerprint density at radius 2 is 2.14 bits per heavy atom. The molecule has 0 unspecified atom stereocenters. The van der Waals surface area contributed by atoms with Gasteiger partial charge in [-0.25, -0.2) is 8.42 Å². The molecule has 0 spiro atoms. The number of nitrogens with zero attached hydrogens (tertiary/aromatic N) is 2. The number of rotatable bonds is 3. The van der Waals surface area contributed by atoms with Gasteiger partial charge in [-0.2, -0.15) is 9.57 Å². The maximum atomic E-state index is 12.3.